The molecule has 9 heteroatoms. The van der Waals surface area contributed by atoms with E-state index < -0.39 is 29.1 Å². The van der Waals surface area contributed by atoms with Crippen molar-refractivity contribution < 1.29 is 22.4 Å². The van der Waals surface area contributed by atoms with Crippen molar-refractivity contribution in [3.63, 3.8) is 0 Å². The van der Waals surface area contributed by atoms with Crippen molar-refractivity contribution in [1.82, 2.24) is 10.3 Å². The fourth-order valence-corrected chi connectivity index (χ4v) is 4.05. The van der Waals surface area contributed by atoms with Crippen LogP contribution in [0.4, 0.5) is 28.0 Å². The number of nitrogens with zero attached hydrogens (tertiary/aromatic N) is 1. The molecule has 0 aliphatic carbocycles. The van der Waals surface area contributed by atoms with Gasteiger partial charge in [0.25, 0.3) is 0 Å². The predicted octanol–water partition coefficient (Wildman–Crippen LogP) is 7.20. The third-order valence-electron chi connectivity index (χ3n) is 5.60. The van der Waals surface area contributed by atoms with E-state index in [0.29, 0.717) is 22.3 Å². The van der Waals surface area contributed by atoms with Gasteiger partial charge in [-0.15, -0.1) is 0 Å². The van der Waals surface area contributed by atoms with E-state index in [1.165, 1.54) is 24.4 Å². The summed E-state index contributed by atoms with van der Waals surface area (Å²) in [5, 5.41) is 5.82. The number of alkyl halides is 3. The molecule has 3 aromatic carbocycles. The van der Waals surface area contributed by atoms with E-state index in [1.807, 2.05) is 0 Å². The van der Waals surface area contributed by atoms with E-state index in [4.69, 9.17) is 11.6 Å². The molecule has 1 atom stereocenters. The Hall–Kier alpha value is -3.91. The fourth-order valence-electron chi connectivity index (χ4n) is 3.94. The average Bonchev–Trinajstić information content (AvgIpc) is 2.85. The Morgan fingerprint density at radius 3 is 2.17 bits per heavy atom. The normalized spacial score (nSPS) is 13.0. The highest BCUT2D eigenvalue weighted by Crippen LogP contribution is 2.38. The minimum absolute atomic E-state index is 0.00175. The van der Waals surface area contributed by atoms with Crippen molar-refractivity contribution in [1.29, 1.82) is 0 Å². The van der Waals surface area contributed by atoms with Gasteiger partial charge < -0.3 is 10.6 Å². The van der Waals surface area contributed by atoms with Crippen LogP contribution >= 0.6 is 11.6 Å². The molecular weight excluding hydrogens is 494 g/mol. The molecule has 4 aromatic rings. The zero-order valence-corrected chi connectivity index (χ0v) is 19.4. The lowest BCUT2D eigenvalue weighted by molar-refractivity contribution is -0.140. The molecule has 2 N–H and O–H groups in total. The number of urea groups is 1. The number of para-hydroxylation sites is 1. The molecule has 0 aliphatic heterocycles. The SMILES string of the molecule is O=C(Nc1ccccc1)NC(Cc1ccccc1)(c1ccc(F)c(C(F)(F)F)c1)c1ccc(Cl)cn1. The van der Waals surface area contributed by atoms with Crippen LogP contribution in [0, 0.1) is 5.82 Å². The van der Waals surface area contributed by atoms with Gasteiger partial charge in [0.05, 0.1) is 16.3 Å². The minimum Gasteiger partial charge on any atom is -0.322 e. The van der Waals surface area contributed by atoms with E-state index in [0.717, 1.165) is 6.07 Å². The Labute approximate surface area is 210 Å². The number of rotatable bonds is 6. The second-order valence-electron chi connectivity index (χ2n) is 8.07. The number of aromatic nitrogens is 1. The largest absolute Gasteiger partial charge is 0.419 e. The highest BCUT2D eigenvalue weighted by molar-refractivity contribution is 6.30. The van der Waals surface area contributed by atoms with Crippen molar-refractivity contribution in [2.75, 3.05) is 5.32 Å². The number of benzene rings is 3. The van der Waals surface area contributed by atoms with Crippen LogP contribution in [0.3, 0.4) is 0 Å². The van der Waals surface area contributed by atoms with Crippen molar-refractivity contribution in [2.24, 2.45) is 0 Å². The summed E-state index contributed by atoms with van der Waals surface area (Å²) >= 11 is 6.03. The summed E-state index contributed by atoms with van der Waals surface area (Å²) in [6.07, 6.45) is -3.59. The summed E-state index contributed by atoms with van der Waals surface area (Å²) in [5.41, 5.74) is -1.67. The first-order chi connectivity index (χ1) is 17.2. The van der Waals surface area contributed by atoms with Crippen LogP contribution in [0.15, 0.2) is 97.2 Å². The van der Waals surface area contributed by atoms with Crippen LogP contribution in [0.5, 0.6) is 0 Å². The first kappa shape index (κ1) is 25.2. The number of carbonyl (C=O) groups is 1. The third-order valence-corrected chi connectivity index (χ3v) is 5.82. The molecule has 1 aromatic heterocycles. The minimum atomic E-state index is -4.95. The van der Waals surface area contributed by atoms with Gasteiger partial charge in [-0.25, -0.2) is 9.18 Å². The predicted molar refractivity (Wildman–Crippen MR) is 130 cm³/mol. The van der Waals surface area contributed by atoms with Crippen LogP contribution in [0.25, 0.3) is 0 Å². The first-order valence-electron chi connectivity index (χ1n) is 10.8. The molecule has 36 heavy (non-hydrogen) atoms. The summed E-state index contributed by atoms with van der Waals surface area (Å²) in [6.45, 7) is 0. The Kier molecular flexibility index (Phi) is 7.26. The Morgan fingerprint density at radius 1 is 0.889 bits per heavy atom. The van der Waals surface area contributed by atoms with Crippen LogP contribution in [0.1, 0.15) is 22.4 Å². The maximum atomic E-state index is 14.2. The highest BCUT2D eigenvalue weighted by Gasteiger charge is 2.41. The Balaban J connectivity index is 1.90. The van der Waals surface area contributed by atoms with Gasteiger partial charge in [-0.1, -0.05) is 66.2 Å². The van der Waals surface area contributed by atoms with Gasteiger partial charge >= 0.3 is 12.2 Å². The quantitative estimate of drug-likeness (QED) is 0.268. The van der Waals surface area contributed by atoms with Crippen LogP contribution in [-0.4, -0.2) is 11.0 Å². The first-order valence-corrected chi connectivity index (χ1v) is 11.2. The van der Waals surface area contributed by atoms with Crippen LogP contribution in [-0.2, 0) is 18.1 Å². The van der Waals surface area contributed by atoms with Gasteiger partial charge in [0, 0.05) is 18.3 Å². The number of hydrogen-bond donors (Lipinski definition) is 2. The summed E-state index contributed by atoms with van der Waals surface area (Å²) in [5.74, 6) is -1.42. The molecule has 0 radical (unpaired) electrons. The number of amides is 2. The van der Waals surface area contributed by atoms with Crippen LogP contribution in [0.2, 0.25) is 5.02 Å². The Bertz CT molecular complexity index is 1330. The monoisotopic (exact) mass is 513 g/mol. The molecule has 4 nitrogen and oxygen atoms in total. The van der Waals surface area contributed by atoms with E-state index in [2.05, 4.69) is 15.6 Å². The van der Waals surface area contributed by atoms with E-state index in [-0.39, 0.29) is 17.7 Å². The van der Waals surface area contributed by atoms with Crippen molar-refractivity contribution in [3.05, 3.63) is 130 Å². The lowest BCUT2D eigenvalue weighted by Crippen LogP contribution is -2.50. The average molecular weight is 514 g/mol. The zero-order valence-electron chi connectivity index (χ0n) is 18.7. The molecule has 0 saturated carbocycles. The topological polar surface area (TPSA) is 54.0 Å². The maximum absolute atomic E-state index is 14.2. The Morgan fingerprint density at radius 2 is 1.56 bits per heavy atom. The van der Waals surface area contributed by atoms with Gasteiger partial charge in [-0.2, -0.15) is 13.2 Å². The smallest absolute Gasteiger partial charge is 0.322 e. The summed E-state index contributed by atoms with van der Waals surface area (Å²) in [6, 6.07) is 22.4. The van der Waals surface area contributed by atoms with Crippen LogP contribution < -0.4 is 10.6 Å². The second-order valence-corrected chi connectivity index (χ2v) is 8.50. The summed E-state index contributed by atoms with van der Waals surface area (Å²) in [7, 11) is 0. The number of pyridine rings is 1. The maximum Gasteiger partial charge on any atom is 0.419 e. The standard InChI is InChI=1S/C27H20ClF4N3O/c28-20-12-14-24(33-17-20)26(16-18-7-3-1-4-8-18,35-25(36)34-21-9-5-2-6-10-21)19-11-13-23(29)22(15-19)27(30,31)32/h1-15,17H,16H2,(H2,34,35,36). The molecule has 1 unspecified atom stereocenters. The summed E-state index contributed by atoms with van der Waals surface area (Å²) < 4.78 is 55.3. The van der Waals surface area contributed by atoms with Crippen molar-refractivity contribution in [3.8, 4) is 0 Å². The lowest BCUT2D eigenvalue weighted by Gasteiger charge is -2.36. The fraction of sp³-hybridized carbons (Fsp3) is 0.111. The molecule has 184 valence electrons. The molecule has 1 heterocycles. The van der Waals surface area contributed by atoms with Gasteiger partial charge in [0.1, 0.15) is 11.4 Å². The molecule has 0 fully saturated rings. The molecule has 2 amide bonds. The van der Waals surface area contributed by atoms with Gasteiger partial charge in [0.15, 0.2) is 0 Å². The van der Waals surface area contributed by atoms with Gasteiger partial charge in [0.2, 0.25) is 0 Å². The molecule has 0 aliphatic rings. The molecule has 0 saturated heterocycles. The van der Waals surface area contributed by atoms with Gasteiger partial charge in [-0.05, 0) is 47.5 Å². The van der Waals surface area contributed by atoms with E-state index in [9.17, 15) is 22.4 Å². The van der Waals surface area contributed by atoms with E-state index in [1.54, 1.807) is 60.7 Å². The molecule has 4 rings (SSSR count). The molecule has 0 bridgehead atoms. The molecule has 0 spiro atoms. The number of carbonyl (C=O) groups excluding carboxylic acids is 1. The van der Waals surface area contributed by atoms with Crippen molar-refractivity contribution in [2.45, 2.75) is 18.1 Å². The zero-order chi connectivity index (χ0) is 25.8. The van der Waals surface area contributed by atoms with Gasteiger partial charge in [-0.3, -0.25) is 4.98 Å². The summed E-state index contributed by atoms with van der Waals surface area (Å²) in [4.78, 5) is 17.6. The van der Waals surface area contributed by atoms with E-state index >= 15 is 0 Å². The number of nitrogens with one attached hydrogen (secondary N) is 2. The second kappa shape index (κ2) is 10.4. The third kappa shape index (κ3) is 5.66. The molecular formula is C27H20ClF4N3O. The van der Waals surface area contributed by atoms with Crippen molar-refractivity contribution >= 4 is 23.3 Å². The number of halogens is 5. The number of hydrogen-bond acceptors (Lipinski definition) is 2. The lowest BCUT2D eigenvalue weighted by atomic mass is 9.80. The highest BCUT2D eigenvalue weighted by atomic mass is 35.5. The number of anilines is 1.